The Labute approximate surface area is 119 Å². The minimum absolute atomic E-state index is 0.0442. The van der Waals surface area contributed by atoms with Gasteiger partial charge in [0.05, 0.1) is 16.0 Å². The average Bonchev–Trinajstić information content (AvgIpc) is 2.94. The zero-order chi connectivity index (χ0) is 13.8. The molecule has 104 valence electrons. The first kappa shape index (κ1) is 13.2. The number of carbonyl (C=O) groups excluding carboxylic acids is 1. The Hall–Kier alpha value is -0.760. The lowest BCUT2D eigenvalue weighted by Gasteiger charge is -2.42. The Morgan fingerprint density at radius 1 is 1.26 bits per heavy atom. The van der Waals surface area contributed by atoms with Crippen molar-refractivity contribution in [3.63, 3.8) is 0 Å². The zero-order valence-electron chi connectivity index (χ0n) is 11.6. The van der Waals surface area contributed by atoms with Crippen LogP contribution in [0.3, 0.4) is 0 Å². The van der Waals surface area contributed by atoms with Crippen molar-refractivity contribution in [2.24, 2.45) is 17.3 Å². The number of Topliss-reactive ketones (excluding diaryl/α,β-unsaturated/α-hetero) is 1. The maximum Gasteiger partial charge on any atom is 0.167 e. The molecule has 2 fully saturated rings. The van der Waals surface area contributed by atoms with Crippen LogP contribution in [0.2, 0.25) is 0 Å². The highest BCUT2D eigenvalue weighted by Crippen LogP contribution is 2.62. The van der Waals surface area contributed by atoms with Gasteiger partial charge in [-0.1, -0.05) is 25.8 Å². The van der Waals surface area contributed by atoms with E-state index in [4.69, 9.17) is 11.6 Å². The number of halogens is 1. The van der Waals surface area contributed by atoms with Crippen molar-refractivity contribution in [1.29, 1.82) is 0 Å². The molecule has 0 spiro atoms. The molecule has 3 rings (SSSR count). The zero-order valence-corrected chi connectivity index (χ0v) is 12.3. The second-order valence-electron chi connectivity index (χ2n) is 6.63. The van der Waals surface area contributed by atoms with E-state index in [0.717, 1.165) is 18.4 Å². The van der Waals surface area contributed by atoms with Crippen LogP contribution < -0.4 is 0 Å². The van der Waals surface area contributed by atoms with Gasteiger partial charge < -0.3 is 5.11 Å². The third-order valence-electron chi connectivity index (χ3n) is 5.82. The largest absolute Gasteiger partial charge is 0.512 e. The van der Waals surface area contributed by atoms with Gasteiger partial charge in [0, 0.05) is 17.9 Å². The monoisotopic (exact) mass is 280 g/mol. The van der Waals surface area contributed by atoms with Crippen LogP contribution in [-0.4, -0.2) is 15.8 Å². The Kier molecular flexibility index (Phi) is 2.87. The van der Waals surface area contributed by atoms with Crippen molar-refractivity contribution in [2.45, 2.75) is 50.8 Å². The molecule has 0 aromatic heterocycles. The molecule has 3 unspecified atom stereocenters. The highest BCUT2D eigenvalue weighted by atomic mass is 35.5. The number of rotatable bonds is 1. The molecule has 19 heavy (non-hydrogen) atoms. The van der Waals surface area contributed by atoms with Crippen LogP contribution in [0.1, 0.15) is 46.0 Å². The molecule has 3 atom stereocenters. The van der Waals surface area contributed by atoms with Crippen LogP contribution in [0.15, 0.2) is 23.5 Å². The first-order valence-corrected chi connectivity index (χ1v) is 7.60. The maximum absolute atomic E-state index is 12.9. The van der Waals surface area contributed by atoms with Gasteiger partial charge >= 0.3 is 0 Å². The van der Waals surface area contributed by atoms with Crippen molar-refractivity contribution in [1.82, 2.24) is 0 Å². The smallest absolute Gasteiger partial charge is 0.167 e. The molecule has 2 nitrogen and oxygen atoms in total. The lowest BCUT2D eigenvalue weighted by Crippen LogP contribution is -2.46. The summed E-state index contributed by atoms with van der Waals surface area (Å²) in [5.74, 6) is 0.892. The number of carbonyl (C=O) groups is 1. The summed E-state index contributed by atoms with van der Waals surface area (Å²) in [7, 11) is 0. The van der Waals surface area contributed by atoms with Gasteiger partial charge in [-0.3, -0.25) is 4.79 Å². The highest BCUT2D eigenvalue weighted by Gasteiger charge is 2.64. The second kappa shape index (κ2) is 4.12. The second-order valence-corrected chi connectivity index (χ2v) is 7.41. The number of aliphatic hydroxyl groups is 1. The Balaban J connectivity index is 2.06. The van der Waals surface area contributed by atoms with Crippen molar-refractivity contribution in [3.8, 4) is 0 Å². The standard InChI is InChI=1S/C16H21ClO2/c1-15(10-5-3-4-6-10)14(19)12-8-7-11(18)9-13(12)16(15,2)17/h7-8,10,13,18H,3-6,9H2,1-2H3. The van der Waals surface area contributed by atoms with Crippen molar-refractivity contribution in [2.75, 3.05) is 0 Å². The van der Waals surface area contributed by atoms with E-state index in [2.05, 4.69) is 6.92 Å². The van der Waals surface area contributed by atoms with Crippen molar-refractivity contribution >= 4 is 17.4 Å². The van der Waals surface area contributed by atoms with Crippen molar-refractivity contribution in [3.05, 3.63) is 23.5 Å². The Bertz CT molecular complexity index is 483. The molecule has 0 amide bonds. The van der Waals surface area contributed by atoms with Gasteiger partial charge in [-0.15, -0.1) is 11.6 Å². The lowest BCUT2D eigenvalue weighted by atomic mass is 9.66. The molecule has 0 aliphatic heterocycles. The average molecular weight is 281 g/mol. The van der Waals surface area contributed by atoms with Crippen LogP contribution in [0.4, 0.5) is 0 Å². The summed E-state index contributed by atoms with van der Waals surface area (Å²) >= 11 is 6.89. The van der Waals surface area contributed by atoms with E-state index in [-0.39, 0.29) is 11.7 Å². The first-order chi connectivity index (χ1) is 8.89. The predicted molar refractivity (Wildman–Crippen MR) is 76.2 cm³/mol. The molecular weight excluding hydrogens is 260 g/mol. The number of alkyl halides is 1. The fourth-order valence-electron chi connectivity index (χ4n) is 4.38. The highest BCUT2D eigenvalue weighted by molar-refractivity contribution is 6.30. The molecular formula is C16H21ClO2. The van der Waals surface area contributed by atoms with Crippen LogP contribution in [0.25, 0.3) is 0 Å². The van der Waals surface area contributed by atoms with Crippen LogP contribution in [-0.2, 0) is 4.79 Å². The minimum atomic E-state index is -0.590. The maximum atomic E-state index is 12.9. The number of allylic oxidation sites excluding steroid dienone is 4. The summed E-state index contributed by atoms with van der Waals surface area (Å²) in [6.07, 6.45) is 8.54. The minimum Gasteiger partial charge on any atom is -0.512 e. The van der Waals surface area contributed by atoms with E-state index < -0.39 is 10.3 Å². The summed E-state index contributed by atoms with van der Waals surface area (Å²) in [5.41, 5.74) is 0.338. The Morgan fingerprint density at radius 3 is 2.53 bits per heavy atom. The van der Waals surface area contributed by atoms with Gasteiger partial charge in [0.25, 0.3) is 0 Å². The number of hydrogen-bond donors (Lipinski definition) is 1. The quantitative estimate of drug-likeness (QED) is 0.733. The summed E-state index contributed by atoms with van der Waals surface area (Å²) < 4.78 is 0. The van der Waals surface area contributed by atoms with Crippen LogP contribution >= 0.6 is 11.6 Å². The summed E-state index contributed by atoms with van der Waals surface area (Å²) in [5, 5.41) is 9.76. The number of fused-ring (bicyclic) bond motifs is 1. The fraction of sp³-hybridized carbons (Fsp3) is 0.688. The van der Waals surface area contributed by atoms with Crippen LogP contribution in [0, 0.1) is 17.3 Å². The lowest BCUT2D eigenvalue weighted by molar-refractivity contribution is -0.125. The molecule has 0 aromatic carbocycles. The molecule has 0 bridgehead atoms. The predicted octanol–water partition coefficient (Wildman–Crippen LogP) is 4.15. The molecule has 1 N–H and O–H groups in total. The van der Waals surface area contributed by atoms with Gasteiger partial charge in [-0.05, 0) is 31.8 Å². The first-order valence-electron chi connectivity index (χ1n) is 7.22. The third kappa shape index (κ3) is 1.59. The molecule has 3 aliphatic carbocycles. The topological polar surface area (TPSA) is 37.3 Å². The van der Waals surface area contributed by atoms with E-state index in [0.29, 0.717) is 18.1 Å². The van der Waals surface area contributed by atoms with Gasteiger partial charge in [0.2, 0.25) is 0 Å². The number of aliphatic hydroxyl groups excluding tert-OH is 1. The summed E-state index contributed by atoms with van der Waals surface area (Å²) in [6.45, 7) is 4.05. The molecule has 2 saturated carbocycles. The van der Waals surface area contributed by atoms with E-state index in [1.165, 1.54) is 12.8 Å². The fourth-order valence-corrected chi connectivity index (χ4v) is 4.81. The molecule has 3 aliphatic rings. The van der Waals surface area contributed by atoms with E-state index in [1.807, 2.05) is 6.92 Å². The van der Waals surface area contributed by atoms with Gasteiger partial charge in [0.15, 0.2) is 5.78 Å². The molecule has 0 heterocycles. The van der Waals surface area contributed by atoms with Gasteiger partial charge in [0.1, 0.15) is 0 Å². The number of hydrogen-bond acceptors (Lipinski definition) is 2. The third-order valence-corrected chi connectivity index (χ3v) is 6.48. The molecule has 0 radical (unpaired) electrons. The van der Waals surface area contributed by atoms with E-state index >= 15 is 0 Å². The molecule has 3 heteroatoms. The normalized spacial score (nSPS) is 43.1. The van der Waals surface area contributed by atoms with Crippen molar-refractivity contribution < 1.29 is 9.90 Å². The summed E-state index contributed by atoms with van der Waals surface area (Å²) in [6, 6.07) is 0. The van der Waals surface area contributed by atoms with Gasteiger partial charge in [-0.2, -0.15) is 0 Å². The SMILES string of the molecule is CC1(Cl)C2CC(O)=CC=C2C(=O)C1(C)C1CCCC1. The van der Waals surface area contributed by atoms with Gasteiger partial charge in [-0.25, -0.2) is 0 Å². The van der Waals surface area contributed by atoms with E-state index in [1.54, 1.807) is 12.2 Å². The summed E-state index contributed by atoms with van der Waals surface area (Å²) in [4.78, 5) is 12.3. The van der Waals surface area contributed by atoms with Crippen LogP contribution in [0.5, 0.6) is 0 Å². The molecule has 0 aromatic rings. The molecule has 0 saturated heterocycles. The number of ketones is 1. The van der Waals surface area contributed by atoms with E-state index in [9.17, 15) is 9.90 Å². The Morgan fingerprint density at radius 2 is 1.89 bits per heavy atom.